The van der Waals surface area contributed by atoms with Gasteiger partial charge in [0.1, 0.15) is 18.5 Å². The number of aliphatic hydroxyl groups is 1. The second kappa shape index (κ2) is 15.7. The van der Waals surface area contributed by atoms with E-state index in [4.69, 9.17) is 33.7 Å². The fourth-order valence-corrected chi connectivity index (χ4v) is 7.86. The summed E-state index contributed by atoms with van der Waals surface area (Å²) in [6, 6.07) is 19.9. The molecular weight excluding hydrogens is 666 g/mol. The van der Waals surface area contributed by atoms with Crippen LogP contribution in [0.2, 0.25) is 0 Å². The van der Waals surface area contributed by atoms with Gasteiger partial charge in [-0.2, -0.15) is 9.57 Å². The minimum absolute atomic E-state index is 0.00142. The molecule has 3 aliphatic rings. The van der Waals surface area contributed by atoms with E-state index in [0.717, 1.165) is 11.1 Å². The van der Waals surface area contributed by atoms with Crippen LogP contribution in [0.15, 0.2) is 71.6 Å². The number of rotatable bonds is 14. The van der Waals surface area contributed by atoms with Crippen molar-refractivity contribution in [3.8, 4) is 23.3 Å². The number of nitriles is 1. The fourth-order valence-electron chi connectivity index (χ4n) is 6.23. The number of hydrogen-bond donors (Lipinski definition) is 2. The smallest absolute Gasteiger partial charge is 0.407 e. The van der Waals surface area contributed by atoms with E-state index in [1.807, 2.05) is 32.0 Å². The van der Waals surface area contributed by atoms with E-state index in [-0.39, 0.29) is 56.2 Å². The van der Waals surface area contributed by atoms with Crippen LogP contribution >= 0.6 is 0 Å². The number of hydrogen-bond acceptors (Lipinski definition) is 11. The molecule has 3 heterocycles. The van der Waals surface area contributed by atoms with Gasteiger partial charge >= 0.3 is 6.09 Å². The molecule has 5 atom stereocenters. The predicted octanol–water partition coefficient (Wildman–Crippen LogP) is 3.97. The average Bonchev–Trinajstić information content (AvgIpc) is 3.86. The van der Waals surface area contributed by atoms with Gasteiger partial charge in [0.05, 0.1) is 47.8 Å². The first-order valence-corrected chi connectivity index (χ1v) is 18.0. The Morgan fingerprint density at radius 1 is 1.04 bits per heavy atom. The number of alkyl carbamates (subject to hydrolysis) is 1. The largest absolute Gasteiger partial charge is 0.489 e. The molecule has 0 aliphatic carbocycles. The zero-order valence-electron chi connectivity index (χ0n) is 27.9. The highest BCUT2D eigenvalue weighted by molar-refractivity contribution is 7.89. The number of nitrogens with one attached hydrogen (secondary N) is 1. The summed E-state index contributed by atoms with van der Waals surface area (Å²) in [5, 5.41) is 23.6. The number of nitrogens with zero attached hydrogens (tertiary/aromatic N) is 2. The summed E-state index contributed by atoms with van der Waals surface area (Å²) in [6.45, 7) is 4.59. The van der Waals surface area contributed by atoms with Gasteiger partial charge < -0.3 is 38.8 Å². The molecule has 2 fully saturated rings. The Labute approximate surface area is 291 Å². The molecule has 0 radical (unpaired) electrons. The van der Waals surface area contributed by atoms with Gasteiger partial charge in [0.15, 0.2) is 17.8 Å². The highest BCUT2D eigenvalue weighted by Gasteiger charge is 2.44. The standard InChI is InChI=1S/C36H41N3O10S/c1-23(2)18-39(50(42,43)28-10-11-32-33(16-28)48-22-47-32)19-31(40)30(38-36(41)49-34-21-46-35-29(34)12-13-44-35)15-24-6-8-27(9-7-24)45-20-26-5-3-4-25(14-26)17-37/h3-11,14,16,23,29-31,34-35,40H,12-13,15,18-22H2,1-2H3,(H,38,41). The lowest BCUT2D eigenvalue weighted by Crippen LogP contribution is -2.51. The van der Waals surface area contributed by atoms with Crippen LogP contribution in [-0.2, 0) is 37.3 Å². The molecule has 13 nitrogen and oxygen atoms in total. The van der Waals surface area contributed by atoms with E-state index in [1.165, 1.54) is 16.4 Å². The first-order chi connectivity index (χ1) is 24.1. The zero-order chi connectivity index (χ0) is 35.3. The Balaban J connectivity index is 1.18. The van der Waals surface area contributed by atoms with Crippen molar-refractivity contribution in [1.82, 2.24) is 9.62 Å². The summed E-state index contributed by atoms with van der Waals surface area (Å²) in [6.07, 6.45) is -2.11. The number of aliphatic hydroxyl groups excluding tert-OH is 1. The van der Waals surface area contributed by atoms with Gasteiger partial charge in [0.25, 0.3) is 0 Å². The Morgan fingerprint density at radius 3 is 2.62 bits per heavy atom. The maximum absolute atomic E-state index is 13.9. The molecule has 266 valence electrons. The molecule has 3 aromatic carbocycles. The number of ether oxygens (including phenoxy) is 6. The third-order valence-corrected chi connectivity index (χ3v) is 10.6. The Bertz CT molecular complexity index is 1800. The number of carbonyl (C=O) groups excluding carboxylic acids is 1. The van der Waals surface area contributed by atoms with Crippen molar-refractivity contribution < 1.29 is 46.7 Å². The van der Waals surface area contributed by atoms with Gasteiger partial charge in [-0.25, -0.2) is 13.2 Å². The second-order valence-electron chi connectivity index (χ2n) is 13.0. The van der Waals surface area contributed by atoms with Gasteiger partial charge in [-0.15, -0.1) is 0 Å². The summed E-state index contributed by atoms with van der Waals surface area (Å²) in [7, 11) is -4.09. The molecular formula is C36H41N3O10S. The molecule has 6 rings (SSSR count). The third-order valence-electron chi connectivity index (χ3n) is 8.79. The van der Waals surface area contributed by atoms with Crippen molar-refractivity contribution in [2.45, 2.75) is 62.7 Å². The second-order valence-corrected chi connectivity index (χ2v) is 14.9. The average molecular weight is 708 g/mol. The molecule has 3 aromatic rings. The minimum atomic E-state index is -4.09. The van der Waals surface area contributed by atoms with E-state index in [1.54, 1.807) is 36.4 Å². The van der Waals surface area contributed by atoms with Gasteiger partial charge in [-0.1, -0.05) is 38.1 Å². The Hall–Kier alpha value is -4.39. The summed E-state index contributed by atoms with van der Waals surface area (Å²) in [5.41, 5.74) is 2.16. The summed E-state index contributed by atoms with van der Waals surface area (Å²) in [4.78, 5) is 13.3. The van der Waals surface area contributed by atoms with Crippen LogP contribution in [0.3, 0.4) is 0 Å². The predicted molar refractivity (Wildman–Crippen MR) is 179 cm³/mol. The Kier molecular flexibility index (Phi) is 11.1. The lowest BCUT2D eigenvalue weighted by Gasteiger charge is -2.31. The van der Waals surface area contributed by atoms with Gasteiger partial charge in [0, 0.05) is 19.2 Å². The molecule has 0 bridgehead atoms. The van der Waals surface area contributed by atoms with Crippen LogP contribution < -0.4 is 19.5 Å². The van der Waals surface area contributed by atoms with Crippen LogP contribution in [0.25, 0.3) is 0 Å². The SMILES string of the molecule is CC(C)CN(CC(O)C(Cc1ccc(OCc2cccc(C#N)c2)cc1)NC(=O)OC1COC2OCCC12)S(=O)(=O)c1ccc2c(c1)OCO2. The first kappa shape index (κ1) is 35.4. The number of amides is 1. The van der Waals surface area contributed by atoms with Crippen LogP contribution in [0.4, 0.5) is 4.79 Å². The monoisotopic (exact) mass is 707 g/mol. The maximum Gasteiger partial charge on any atom is 0.407 e. The van der Waals surface area contributed by atoms with Crippen molar-refractivity contribution in [3.63, 3.8) is 0 Å². The zero-order valence-corrected chi connectivity index (χ0v) is 28.7. The molecule has 50 heavy (non-hydrogen) atoms. The molecule has 1 amide bonds. The highest BCUT2D eigenvalue weighted by Crippen LogP contribution is 2.35. The number of sulfonamides is 1. The molecule has 2 N–H and O–H groups in total. The molecule has 3 aliphatic heterocycles. The minimum Gasteiger partial charge on any atom is -0.489 e. The quantitative estimate of drug-likeness (QED) is 0.249. The van der Waals surface area contributed by atoms with Crippen molar-refractivity contribution >= 4 is 16.1 Å². The first-order valence-electron chi connectivity index (χ1n) is 16.6. The van der Waals surface area contributed by atoms with E-state index >= 15 is 0 Å². The highest BCUT2D eigenvalue weighted by atomic mass is 32.2. The number of fused-ring (bicyclic) bond motifs is 2. The normalized spacial score (nSPS) is 20.7. The maximum atomic E-state index is 13.9. The van der Waals surface area contributed by atoms with Gasteiger partial charge in [-0.3, -0.25) is 0 Å². The van der Waals surface area contributed by atoms with Gasteiger partial charge in [-0.05, 0) is 66.3 Å². The Morgan fingerprint density at radius 2 is 1.84 bits per heavy atom. The van der Waals surface area contributed by atoms with Crippen LogP contribution in [0, 0.1) is 23.2 Å². The molecule has 0 spiro atoms. The lowest BCUT2D eigenvalue weighted by molar-refractivity contribution is -0.0907. The lowest BCUT2D eigenvalue weighted by atomic mass is 10.0. The molecule has 14 heteroatoms. The van der Waals surface area contributed by atoms with Crippen LogP contribution in [0.5, 0.6) is 17.2 Å². The van der Waals surface area contributed by atoms with Crippen molar-refractivity contribution in [2.75, 3.05) is 33.1 Å². The van der Waals surface area contributed by atoms with E-state index in [9.17, 15) is 18.3 Å². The molecule has 0 aromatic heterocycles. The summed E-state index contributed by atoms with van der Waals surface area (Å²) >= 11 is 0. The number of benzene rings is 3. The van der Waals surface area contributed by atoms with E-state index in [2.05, 4.69) is 11.4 Å². The molecule has 0 saturated carbocycles. The number of carbonyl (C=O) groups is 1. The topological polar surface area (TPSA) is 166 Å². The summed E-state index contributed by atoms with van der Waals surface area (Å²) < 4.78 is 62.6. The van der Waals surface area contributed by atoms with Crippen molar-refractivity contribution in [3.05, 3.63) is 83.4 Å². The molecule has 2 saturated heterocycles. The van der Waals surface area contributed by atoms with Crippen molar-refractivity contribution in [2.24, 2.45) is 11.8 Å². The summed E-state index contributed by atoms with van der Waals surface area (Å²) in [5.74, 6) is 1.23. The van der Waals surface area contributed by atoms with E-state index < -0.39 is 40.7 Å². The van der Waals surface area contributed by atoms with Crippen LogP contribution in [0.1, 0.15) is 37.0 Å². The van der Waals surface area contributed by atoms with E-state index in [0.29, 0.717) is 35.8 Å². The van der Waals surface area contributed by atoms with Crippen LogP contribution in [-0.4, -0.2) is 81.6 Å². The van der Waals surface area contributed by atoms with Gasteiger partial charge in [0.2, 0.25) is 16.8 Å². The fraction of sp³-hybridized carbons (Fsp3) is 0.444. The third kappa shape index (κ3) is 8.48. The molecule has 5 unspecified atom stereocenters. The van der Waals surface area contributed by atoms with Crippen molar-refractivity contribution in [1.29, 1.82) is 5.26 Å².